The van der Waals surface area contributed by atoms with Gasteiger partial charge in [-0.1, -0.05) is 28.1 Å². The van der Waals surface area contributed by atoms with Gasteiger partial charge in [-0.05, 0) is 68.2 Å². The molecule has 0 radical (unpaired) electrons. The molecule has 126 valence electrons. The molecule has 1 aromatic carbocycles. The molecule has 24 heavy (non-hydrogen) atoms. The highest BCUT2D eigenvalue weighted by atomic mass is 79.9. The van der Waals surface area contributed by atoms with Crippen molar-refractivity contribution in [1.82, 2.24) is 0 Å². The first-order chi connectivity index (χ1) is 11.7. The molecule has 0 unspecified atom stereocenters. The van der Waals surface area contributed by atoms with Crippen LogP contribution < -0.4 is 5.32 Å². The maximum atomic E-state index is 6.11. The Labute approximate surface area is 152 Å². The van der Waals surface area contributed by atoms with E-state index in [2.05, 4.69) is 57.6 Å². The van der Waals surface area contributed by atoms with Gasteiger partial charge in [0.05, 0.1) is 6.04 Å². The fraction of sp³-hybridized carbons (Fsp3) is 0.524. The summed E-state index contributed by atoms with van der Waals surface area (Å²) in [7, 11) is 0. The van der Waals surface area contributed by atoms with Crippen LogP contribution in [0.3, 0.4) is 0 Å². The van der Waals surface area contributed by atoms with Crippen LogP contribution in [0.25, 0.3) is 11.3 Å². The van der Waals surface area contributed by atoms with E-state index in [1.54, 1.807) is 0 Å². The molecule has 0 atom stereocenters. The van der Waals surface area contributed by atoms with Gasteiger partial charge in [0.2, 0.25) is 0 Å². The smallest absolute Gasteiger partial charge is 0.158 e. The Morgan fingerprint density at radius 1 is 0.875 bits per heavy atom. The van der Waals surface area contributed by atoms with Crippen molar-refractivity contribution in [2.45, 2.75) is 44.7 Å². The molecular weight excluding hydrogens is 362 g/mol. The Hall–Kier alpha value is -1.06. The third-order valence-corrected chi connectivity index (χ3v) is 7.21. The molecule has 2 N–H and O–H groups in total. The summed E-state index contributed by atoms with van der Waals surface area (Å²) in [5.74, 6) is 6.16. The Morgan fingerprint density at radius 3 is 2.21 bits per heavy atom. The van der Waals surface area contributed by atoms with E-state index in [-0.39, 0.29) is 0 Å². The molecule has 1 aromatic heterocycles. The molecule has 0 aliphatic heterocycles. The van der Waals surface area contributed by atoms with Crippen LogP contribution in [0.1, 0.15) is 37.9 Å². The molecule has 4 aliphatic carbocycles. The van der Waals surface area contributed by atoms with E-state index in [0.717, 1.165) is 57.8 Å². The Bertz CT molecular complexity index is 692. The molecule has 2 aromatic rings. The number of hydrogen-bond donors (Lipinski definition) is 1. The molecule has 1 heterocycles. The van der Waals surface area contributed by atoms with Gasteiger partial charge < -0.3 is 9.73 Å². The molecule has 0 saturated heterocycles. The van der Waals surface area contributed by atoms with Crippen LogP contribution in [0.15, 0.2) is 45.3 Å². The van der Waals surface area contributed by atoms with Gasteiger partial charge in [-0.2, -0.15) is 0 Å². The highest BCUT2D eigenvalue weighted by Gasteiger charge is 2.50. The molecule has 4 bridgehead atoms. The largest absolute Gasteiger partial charge is 0.455 e. The predicted molar refractivity (Wildman–Crippen MR) is 98.3 cm³/mol. The average Bonchev–Trinajstić information content (AvgIpc) is 3.03. The van der Waals surface area contributed by atoms with Crippen molar-refractivity contribution in [1.29, 1.82) is 0 Å². The van der Waals surface area contributed by atoms with Crippen LogP contribution in [0.5, 0.6) is 0 Å². The van der Waals surface area contributed by atoms with E-state index in [9.17, 15) is 0 Å². The summed E-state index contributed by atoms with van der Waals surface area (Å²) in [5, 5.41) is 2.59. The number of benzene rings is 1. The van der Waals surface area contributed by atoms with Crippen LogP contribution in [0.2, 0.25) is 0 Å². The minimum atomic E-state index is 0.846. The second-order valence-corrected chi connectivity index (χ2v) is 9.14. The maximum absolute atomic E-state index is 6.11. The topological polar surface area (TPSA) is 29.8 Å². The van der Waals surface area contributed by atoms with Crippen molar-refractivity contribution < 1.29 is 9.73 Å². The van der Waals surface area contributed by atoms with Crippen molar-refractivity contribution >= 4 is 15.9 Å². The van der Waals surface area contributed by atoms with Crippen molar-refractivity contribution in [3.05, 3.63) is 46.6 Å². The summed E-state index contributed by atoms with van der Waals surface area (Å²) in [6.07, 6.45) is 7.52. The zero-order chi connectivity index (χ0) is 16.1. The Balaban J connectivity index is 1.25. The first-order valence-electron chi connectivity index (χ1n) is 9.42. The quantitative estimate of drug-likeness (QED) is 0.817. The highest BCUT2D eigenvalue weighted by molar-refractivity contribution is 9.10. The minimum Gasteiger partial charge on any atom is -0.455 e. The van der Waals surface area contributed by atoms with Crippen molar-refractivity contribution in [2.24, 2.45) is 23.7 Å². The lowest BCUT2D eigenvalue weighted by Crippen LogP contribution is -2.93. The zero-order valence-corrected chi connectivity index (χ0v) is 15.5. The Kier molecular flexibility index (Phi) is 3.82. The zero-order valence-electron chi connectivity index (χ0n) is 14.0. The second kappa shape index (κ2) is 6.03. The minimum absolute atomic E-state index is 0.846. The number of quaternary nitrogens is 1. The summed E-state index contributed by atoms with van der Waals surface area (Å²) >= 11 is 3.49. The van der Waals surface area contributed by atoms with Crippen LogP contribution in [0.4, 0.5) is 0 Å². The number of halogens is 1. The summed E-state index contributed by atoms with van der Waals surface area (Å²) < 4.78 is 7.21. The van der Waals surface area contributed by atoms with E-state index in [1.807, 2.05) is 0 Å². The monoisotopic (exact) mass is 386 g/mol. The molecule has 0 amide bonds. The molecule has 4 fully saturated rings. The van der Waals surface area contributed by atoms with Crippen LogP contribution in [-0.4, -0.2) is 6.04 Å². The lowest BCUT2D eigenvalue weighted by atomic mass is 9.54. The van der Waals surface area contributed by atoms with Crippen LogP contribution in [0, 0.1) is 23.7 Å². The van der Waals surface area contributed by atoms with E-state index in [0.29, 0.717) is 0 Å². The van der Waals surface area contributed by atoms with Crippen LogP contribution in [-0.2, 0) is 6.54 Å². The van der Waals surface area contributed by atoms with Gasteiger partial charge >= 0.3 is 0 Å². The predicted octanol–water partition coefficient (Wildman–Crippen LogP) is 4.60. The molecular formula is C21H25BrNO+. The molecule has 3 heteroatoms. The Morgan fingerprint density at radius 2 is 1.54 bits per heavy atom. The SMILES string of the molecule is Brc1ccc(-c2ccc(C[NH2+]C3C4CC5CC(C4)CC3C5)o2)cc1. The highest BCUT2D eigenvalue weighted by Crippen LogP contribution is 2.52. The summed E-state index contributed by atoms with van der Waals surface area (Å²) in [4.78, 5) is 0. The van der Waals surface area contributed by atoms with Gasteiger partial charge in [0.15, 0.2) is 5.76 Å². The summed E-state index contributed by atoms with van der Waals surface area (Å²) in [6, 6.07) is 13.5. The number of nitrogens with two attached hydrogens (primary N) is 1. The van der Waals surface area contributed by atoms with E-state index in [4.69, 9.17) is 4.42 Å². The number of hydrogen-bond acceptors (Lipinski definition) is 1. The first kappa shape index (κ1) is 15.2. The van der Waals surface area contributed by atoms with Gasteiger partial charge in [-0.3, -0.25) is 0 Å². The van der Waals surface area contributed by atoms with Gasteiger partial charge in [0, 0.05) is 21.9 Å². The molecule has 6 rings (SSSR count). The van der Waals surface area contributed by atoms with E-state index >= 15 is 0 Å². The normalized spacial score (nSPS) is 34.0. The fourth-order valence-electron chi connectivity index (χ4n) is 5.86. The van der Waals surface area contributed by atoms with E-state index in [1.165, 1.54) is 32.1 Å². The molecule has 0 spiro atoms. The van der Waals surface area contributed by atoms with Crippen molar-refractivity contribution in [2.75, 3.05) is 0 Å². The summed E-state index contributed by atoms with van der Waals surface area (Å²) in [6.45, 7) is 0.990. The van der Waals surface area contributed by atoms with E-state index < -0.39 is 0 Å². The molecule has 2 nitrogen and oxygen atoms in total. The first-order valence-corrected chi connectivity index (χ1v) is 10.2. The third-order valence-electron chi connectivity index (χ3n) is 6.68. The van der Waals surface area contributed by atoms with Gasteiger partial charge in [-0.25, -0.2) is 0 Å². The number of furan rings is 1. The fourth-order valence-corrected chi connectivity index (χ4v) is 6.13. The van der Waals surface area contributed by atoms with Crippen LogP contribution >= 0.6 is 15.9 Å². The van der Waals surface area contributed by atoms with Crippen molar-refractivity contribution in [3.8, 4) is 11.3 Å². The lowest BCUT2D eigenvalue weighted by molar-refractivity contribution is -0.724. The second-order valence-electron chi connectivity index (χ2n) is 8.22. The number of rotatable bonds is 4. The lowest BCUT2D eigenvalue weighted by Gasteiger charge is -2.52. The van der Waals surface area contributed by atoms with Gasteiger partial charge in [0.1, 0.15) is 12.3 Å². The molecule has 4 aliphatic rings. The maximum Gasteiger partial charge on any atom is 0.158 e. The third kappa shape index (κ3) is 2.76. The standard InChI is InChI=1S/C21H24BrNO/c22-18-3-1-15(2-4-18)20-6-5-19(24-20)12-23-21-16-8-13-7-14(10-16)11-17(21)9-13/h1-6,13-14,16-17,21,23H,7-12H2/p+1. The average molecular weight is 387 g/mol. The van der Waals surface area contributed by atoms with Crippen molar-refractivity contribution in [3.63, 3.8) is 0 Å². The van der Waals surface area contributed by atoms with Gasteiger partial charge in [-0.15, -0.1) is 0 Å². The molecule has 4 saturated carbocycles. The van der Waals surface area contributed by atoms with Gasteiger partial charge in [0.25, 0.3) is 0 Å². The summed E-state index contributed by atoms with van der Waals surface area (Å²) in [5.41, 5.74) is 1.15.